The Kier molecular flexibility index (Phi) is 6.57. The van der Waals surface area contributed by atoms with Crippen molar-refractivity contribution in [3.05, 3.63) is 11.2 Å². The van der Waals surface area contributed by atoms with Gasteiger partial charge < -0.3 is 4.74 Å². The molecule has 17 heavy (non-hydrogen) atoms. The lowest BCUT2D eigenvalue weighted by Crippen LogP contribution is -2.24. The first kappa shape index (κ1) is 15.0. The molecule has 1 aromatic heterocycles. The van der Waals surface area contributed by atoms with Crippen LogP contribution in [0.4, 0.5) is 0 Å². The maximum absolute atomic E-state index is 11.7. The van der Waals surface area contributed by atoms with Gasteiger partial charge in [0, 0.05) is 18.5 Å². The number of nitrogens with one attached hydrogen (secondary N) is 1. The molecule has 0 aliphatic carbocycles. The van der Waals surface area contributed by atoms with Crippen LogP contribution in [0.25, 0.3) is 0 Å². The van der Waals surface area contributed by atoms with E-state index < -0.39 is 10.0 Å². The second-order valence-electron chi connectivity index (χ2n) is 3.25. The molecule has 0 amide bonds. The largest absolute Gasteiger partial charge is 0.381 e. The molecule has 0 aliphatic rings. The molecule has 1 rings (SSSR count). The predicted octanol–water partition coefficient (Wildman–Crippen LogP) is 1.53. The standard InChI is InChI=1S/C9H15BrN2O3S2/c1-8-11-7-9(16-8)17(13,14)12-4-2-5-15-6-3-10/h7,12H,2-6H2,1H3. The monoisotopic (exact) mass is 342 g/mol. The summed E-state index contributed by atoms with van der Waals surface area (Å²) in [6.45, 7) is 3.34. The molecule has 5 nitrogen and oxygen atoms in total. The zero-order valence-electron chi connectivity index (χ0n) is 9.48. The van der Waals surface area contributed by atoms with Crippen molar-refractivity contribution in [2.45, 2.75) is 17.6 Å². The van der Waals surface area contributed by atoms with E-state index in [1.807, 2.05) is 0 Å². The van der Waals surface area contributed by atoms with Gasteiger partial charge in [-0.25, -0.2) is 18.1 Å². The maximum atomic E-state index is 11.7. The van der Waals surface area contributed by atoms with Crippen molar-refractivity contribution in [2.24, 2.45) is 0 Å². The minimum Gasteiger partial charge on any atom is -0.381 e. The number of alkyl halides is 1. The fraction of sp³-hybridized carbons (Fsp3) is 0.667. The third-order valence-corrected chi connectivity index (χ3v) is 5.00. The van der Waals surface area contributed by atoms with Crippen LogP contribution in [0.1, 0.15) is 11.4 Å². The normalized spacial score (nSPS) is 11.9. The quantitative estimate of drug-likeness (QED) is 0.574. The lowest BCUT2D eigenvalue weighted by molar-refractivity contribution is 0.149. The van der Waals surface area contributed by atoms with Gasteiger partial charge in [-0.2, -0.15) is 0 Å². The van der Waals surface area contributed by atoms with E-state index in [9.17, 15) is 8.42 Å². The van der Waals surface area contributed by atoms with E-state index in [0.717, 1.165) is 10.3 Å². The number of thiazole rings is 1. The molecule has 0 radical (unpaired) electrons. The van der Waals surface area contributed by atoms with E-state index >= 15 is 0 Å². The van der Waals surface area contributed by atoms with Crippen LogP contribution in [0.2, 0.25) is 0 Å². The first-order valence-corrected chi connectivity index (χ1v) is 8.54. The zero-order valence-corrected chi connectivity index (χ0v) is 12.7. The number of aromatic nitrogens is 1. The molecular formula is C9H15BrN2O3S2. The first-order valence-electron chi connectivity index (χ1n) is 5.12. The smallest absolute Gasteiger partial charge is 0.251 e. The molecule has 0 saturated carbocycles. The van der Waals surface area contributed by atoms with Crippen LogP contribution in [0.5, 0.6) is 0 Å². The molecule has 0 bridgehead atoms. The van der Waals surface area contributed by atoms with Crippen molar-refractivity contribution in [2.75, 3.05) is 25.1 Å². The zero-order chi connectivity index (χ0) is 12.7. The highest BCUT2D eigenvalue weighted by Gasteiger charge is 2.15. The van der Waals surface area contributed by atoms with E-state index in [1.165, 1.54) is 17.5 Å². The van der Waals surface area contributed by atoms with Gasteiger partial charge in [0.15, 0.2) is 4.21 Å². The SMILES string of the molecule is Cc1ncc(S(=O)(=O)NCCCOCCBr)s1. The Hall–Kier alpha value is -0.0200. The van der Waals surface area contributed by atoms with E-state index in [0.29, 0.717) is 26.2 Å². The fourth-order valence-corrected chi connectivity index (χ4v) is 3.53. The molecule has 0 spiro atoms. The van der Waals surface area contributed by atoms with Crippen molar-refractivity contribution in [3.8, 4) is 0 Å². The molecule has 8 heteroatoms. The highest BCUT2D eigenvalue weighted by atomic mass is 79.9. The summed E-state index contributed by atoms with van der Waals surface area (Å²) in [5.41, 5.74) is 0. The van der Waals surface area contributed by atoms with Crippen LogP contribution in [0.3, 0.4) is 0 Å². The van der Waals surface area contributed by atoms with Gasteiger partial charge in [-0.1, -0.05) is 15.9 Å². The Morgan fingerprint density at radius 3 is 2.88 bits per heavy atom. The van der Waals surface area contributed by atoms with Gasteiger partial charge in [-0.05, 0) is 13.3 Å². The minimum atomic E-state index is -3.39. The number of hydrogen-bond acceptors (Lipinski definition) is 5. The maximum Gasteiger partial charge on any atom is 0.251 e. The Bertz CT molecular complexity index is 433. The number of aryl methyl sites for hydroxylation is 1. The highest BCUT2D eigenvalue weighted by molar-refractivity contribution is 9.09. The van der Waals surface area contributed by atoms with Crippen molar-refractivity contribution in [1.82, 2.24) is 9.71 Å². The first-order chi connectivity index (χ1) is 8.06. The molecule has 0 atom stereocenters. The van der Waals surface area contributed by atoms with Crippen molar-refractivity contribution < 1.29 is 13.2 Å². The number of halogens is 1. The Labute approximate surface area is 114 Å². The van der Waals surface area contributed by atoms with Gasteiger partial charge in [0.05, 0.1) is 17.8 Å². The van der Waals surface area contributed by atoms with Crippen molar-refractivity contribution in [3.63, 3.8) is 0 Å². The van der Waals surface area contributed by atoms with Gasteiger partial charge in [0.25, 0.3) is 10.0 Å². The second kappa shape index (κ2) is 7.42. The summed E-state index contributed by atoms with van der Waals surface area (Å²) in [6, 6.07) is 0. The summed E-state index contributed by atoms with van der Waals surface area (Å²) in [5, 5.41) is 1.53. The minimum absolute atomic E-state index is 0.261. The summed E-state index contributed by atoms with van der Waals surface area (Å²) in [6.07, 6.45) is 2.04. The Morgan fingerprint density at radius 1 is 1.53 bits per heavy atom. The molecular weight excluding hydrogens is 328 g/mol. The highest BCUT2D eigenvalue weighted by Crippen LogP contribution is 2.17. The number of nitrogens with zero attached hydrogens (tertiary/aromatic N) is 1. The average Bonchev–Trinajstić information content (AvgIpc) is 2.71. The second-order valence-corrected chi connectivity index (χ2v) is 7.27. The summed E-state index contributed by atoms with van der Waals surface area (Å²) in [7, 11) is -3.39. The third-order valence-electron chi connectivity index (χ3n) is 1.84. The van der Waals surface area contributed by atoms with Crippen molar-refractivity contribution in [1.29, 1.82) is 0 Å². The number of ether oxygens (including phenoxy) is 1. The topological polar surface area (TPSA) is 68.3 Å². The van der Waals surface area contributed by atoms with E-state index in [4.69, 9.17) is 4.74 Å². The summed E-state index contributed by atoms with van der Waals surface area (Å²) in [4.78, 5) is 3.92. The lowest BCUT2D eigenvalue weighted by atomic mass is 10.5. The molecule has 0 aromatic carbocycles. The van der Waals surface area contributed by atoms with Crippen molar-refractivity contribution >= 4 is 37.3 Å². The summed E-state index contributed by atoms with van der Waals surface area (Å²) < 4.78 is 31.5. The molecule has 0 saturated heterocycles. The summed E-state index contributed by atoms with van der Waals surface area (Å²) >= 11 is 4.41. The van der Waals surface area contributed by atoms with Gasteiger partial charge in [-0.15, -0.1) is 11.3 Å². The Balaban J connectivity index is 2.31. The van der Waals surface area contributed by atoms with E-state index in [1.54, 1.807) is 6.92 Å². The lowest BCUT2D eigenvalue weighted by Gasteiger charge is -2.04. The van der Waals surface area contributed by atoms with Gasteiger partial charge >= 0.3 is 0 Å². The molecule has 0 fully saturated rings. The Morgan fingerprint density at radius 2 is 2.29 bits per heavy atom. The van der Waals surface area contributed by atoms with Crippen LogP contribution in [-0.4, -0.2) is 38.5 Å². The van der Waals surface area contributed by atoms with Gasteiger partial charge in [0.2, 0.25) is 0 Å². The molecule has 98 valence electrons. The fourth-order valence-electron chi connectivity index (χ4n) is 1.07. The average molecular weight is 343 g/mol. The van der Waals surface area contributed by atoms with Crippen LogP contribution in [-0.2, 0) is 14.8 Å². The van der Waals surface area contributed by atoms with Gasteiger partial charge in [-0.3, -0.25) is 0 Å². The van der Waals surface area contributed by atoms with Crippen LogP contribution >= 0.6 is 27.3 Å². The predicted molar refractivity (Wildman–Crippen MR) is 71.3 cm³/mol. The number of sulfonamides is 1. The van der Waals surface area contributed by atoms with E-state index in [2.05, 4.69) is 25.6 Å². The third kappa shape index (κ3) is 5.43. The van der Waals surface area contributed by atoms with Crippen LogP contribution in [0.15, 0.2) is 10.4 Å². The molecule has 0 unspecified atom stereocenters. The molecule has 1 N–H and O–H groups in total. The number of hydrogen-bond donors (Lipinski definition) is 1. The molecule has 1 heterocycles. The van der Waals surface area contributed by atoms with E-state index in [-0.39, 0.29) is 4.21 Å². The number of rotatable bonds is 8. The molecule has 1 aromatic rings. The van der Waals surface area contributed by atoms with Crippen LogP contribution in [0, 0.1) is 6.92 Å². The summed E-state index contributed by atoms with van der Waals surface area (Å²) in [5.74, 6) is 0. The van der Waals surface area contributed by atoms with Gasteiger partial charge in [0.1, 0.15) is 0 Å². The van der Waals surface area contributed by atoms with Crippen LogP contribution < -0.4 is 4.72 Å². The molecule has 0 aliphatic heterocycles.